The van der Waals surface area contributed by atoms with Crippen molar-refractivity contribution in [2.45, 2.75) is 26.7 Å². The monoisotopic (exact) mass is 300 g/mol. The number of nitrogens with zero attached hydrogens (tertiary/aromatic N) is 1. The summed E-state index contributed by atoms with van der Waals surface area (Å²) in [4.78, 5) is 27.9. The summed E-state index contributed by atoms with van der Waals surface area (Å²) in [5.41, 5.74) is 0.418. The van der Waals surface area contributed by atoms with Crippen LogP contribution in [0.5, 0.6) is 0 Å². The van der Waals surface area contributed by atoms with Crippen molar-refractivity contribution < 1.29 is 14.7 Å². The second-order valence-electron chi connectivity index (χ2n) is 5.39. The molecule has 0 aliphatic rings. The van der Waals surface area contributed by atoms with E-state index < -0.39 is 11.4 Å². The number of carboxylic acids is 1. The lowest BCUT2D eigenvalue weighted by atomic mass is 9.82. The van der Waals surface area contributed by atoms with Gasteiger partial charge in [0.2, 0.25) is 0 Å². The summed E-state index contributed by atoms with van der Waals surface area (Å²) in [6.07, 6.45) is 2.65. The van der Waals surface area contributed by atoms with Crippen LogP contribution in [0.25, 0.3) is 10.9 Å². The molecule has 0 spiro atoms. The van der Waals surface area contributed by atoms with Gasteiger partial charge in [-0.15, -0.1) is 0 Å². The third kappa shape index (κ3) is 3.08. The predicted octanol–water partition coefficient (Wildman–Crippen LogP) is 2.86. The number of aromatic nitrogens is 1. The number of carbonyl (C=O) groups excluding carboxylic acids is 1. The van der Waals surface area contributed by atoms with E-state index in [0.29, 0.717) is 18.4 Å². The van der Waals surface area contributed by atoms with Gasteiger partial charge in [-0.3, -0.25) is 14.6 Å². The summed E-state index contributed by atoms with van der Waals surface area (Å²) in [6.45, 7) is 3.77. The van der Waals surface area contributed by atoms with E-state index in [1.807, 2.05) is 26.0 Å². The Kier molecular flexibility index (Phi) is 4.75. The zero-order chi connectivity index (χ0) is 16.2. The molecule has 2 aromatic rings. The first-order valence-electron chi connectivity index (χ1n) is 7.39. The van der Waals surface area contributed by atoms with Gasteiger partial charge in [0.25, 0.3) is 5.91 Å². The molecule has 2 N–H and O–H groups in total. The van der Waals surface area contributed by atoms with Crippen molar-refractivity contribution in [1.29, 1.82) is 0 Å². The minimum absolute atomic E-state index is 0.124. The molecule has 0 radical (unpaired) electrons. The SMILES string of the molecule is CCC(CC)(CNC(=O)c1ccc2ncccc2c1)C(=O)O. The molecule has 1 amide bonds. The molecule has 1 aromatic carbocycles. The Morgan fingerprint density at radius 2 is 1.95 bits per heavy atom. The zero-order valence-electron chi connectivity index (χ0n) is 12.8. The first-order valence-corrected chi connectivity index (χ1v) is 7.39. The highest BCUT2D eigenvalue weighted by molar-refractivity contribution is 5.98. The van der Waals surface area contributed by atoms with Crippen molar-refractivity contribution in [3.63, 3.8) is 0 Å². The molecular weight excluding hydrogens is 280 g/mol. The first-order chi connectivity index (χ1) is 10.5. The van der Waals surface area contributed by atoms with Crippen LogP contribution >= 0.6 is 0 Å². The van der Waals surface area contributed by atoms with E-state index in [9.17, 15) is 14.7 Å². The lowest BCUT2D eigenvalue weighted by molar-refractivity contribution is -0.149. The standard InChI is InChI=1S/C17H20N2O3/c1-3-17(4-2,16(21)22)11-19-15(20)13-7-8-14-12(10-13)6-5-9-18-14/h5-10H,3-4,11H2,1-2H3,(H,19,20)(H,21,22). The van der Waals surface area contributed by atoms with Gasteiger partial charge >= 0.3 is 5.97 Å². The van der Waals surface area contributed by atoms with Crippen LogP contribution in [0.1, 0.15) is 37.0 Å². The highest BCUT2D eigenvalue weighted by atomic mass is 16.4. The lowest BCUT2D eigenvalue weighted by Gasteiger charge is -2.26. The maximum Gasteiger partial charge on any atom is 0.311 e. The molecule has 0 aliphatic carbocycles. The van der Waals surface area contributed by atoms with E-state index in [1.165, 1.54) is 0 Å². The fourth-order valence-electron chi connectivity index (χ4n) is 2.45. The van der Waals surface area contributed by atoms with Gasteiger partial charge in [-0.2, -0.15) is 0 Å². The minimum Gasteiger partial charge on any atom is -0.481 e. The average molecular weight is 300 g/mol. The van der Waals surface area contributed by atoms with Crippen LogP contribution in [0.3, 0.4) is 0 Å². The quantitative estimate of drug-likeness (QED) is 0.859. The molecule has 0 bridgehead atoms. The largest absolute Gasteiger partial charge is 0.481 e. The van der Waals surface area contributed by atoms with Crippen LogP contribution < -0.4 is 5.32 Å². The maximum atomic E-state index is 12.3. The van der Waals surface area contributed by atoms with Gasteiger partial charge in [0.05, 0.1) is 10.9 Å². The number of hydrogen-bond acceptors (Lipinski definition) is 3. The zero-order valence-corrected chi connectivity index (χ0v) is 12.8. The molecular formula is C17H20N2O3. The van der Waals surface area contributed by atoms with Gasteiger partial charge in [-0.1, -0.05) is 19.9 Å². The summed E-state index contributed by atoms with van der Waals surface area (Å²) in [5, 5.41) is 13.0. The number of hydrogen-bond donors (Lipinski definition) is 2. The number of pyridine rings is 1. The second-order valence-corrected chi connectivity index (χ2v) is 5.39. The van der Waals surface area contributed by atoms with Gasteiger partial charge in [0, 0.05) is 23.7 Å². The molecule has 0 unspecified atom stereocenters. The average Bonchev–Trinajstić information content (AvgIpc) is 2.55. The molecule has 0 atom stereocenters. The number of aliphatic carboxylic acids is 1. The summed E-state index contributed by atoms with van der Waals surface area (Å²) < 4.78 is 0. The van der Waals surface area contributed by atoms with Crippen LogP contribution in [0.15, 0.2) is 36.5 Å². The first kappa shape index (κ1) is 15.9. The number of carboxylic acid groups (broad SMARTS) is 1. The fourth-order valence-corrected chi connectivity index (χ4v) is 2.45. The molecule has 1 heterocycles. The van der Waals surface area contributed by atoms with Crippen LogP contribution in [0.4, 0.5) is 0 Å². The molecule has 5 nitrogen and oxygen atoms in total. The summed E-state index contributed by atoms with van der Waals surface area (Å²) in [6, 6.07) is 8.95. The van der Waals surface area contributed by atoms with E-state index >= 15 is 0 Å². The third-order valence-electron chi connectivity index (χ3n) is 4.26. The number of amides is 1. The molecule has 0 saturated heterocycles. The van der Waals surface area contributed by atoms with Crippen molar-refractivity contribution in [3.8, 4) is 0 Å². The number of benzene rings is 1. The topological polar surface area (TPSA) is 79.3 Å². The van der Waals surface area contributed by atoms with Crippen molar-refractivity contribution in [1.82, 2.24) is 10.3 Å². The normalized spacial score (nSPS) is 11.4. The summed E-state index contributed by atoms with van der Waals surface area (Å²) in [7, 11) is 0. The molecule has 1 aromatic heterocycles. The highest BCUT2D eigenvalue weighted by Gasteiger charge is 2.35. The second kappa shape index (κ2) is 6.56. The number of fused-ring (bicyclic) bond motifs is 1. The Balaban J connectivity index is 2.15. The minimum atomic E-state index is -0.909. The van der Waals surface area contributed by atoms with Gasteiger partial charge < -0.3 is 10.4 Å². The van der Waals surface area contributed by atoms with E-state index in [0.717, 1.165) is 10.9 Å². The Morgan fingerprint density at radius 3 is 2.59 bits per heavy atom. The van der Waals surface area contributed by atoms with Gasteiger partial charge in [0.15, 0.2) is 0 Å². The number of rotatable bonds is 6. The molecule has 22 heavy (non-hydrogen) atoms. The van der Waals surface area contributed by atoms with E-state index in [2.05, 4.69) is 10.3 Å². The molecule has 2 rings (SSSR count). The van der Waals surface area contributed by atoms with E-state index in [1.54, 1.807) is 24.4 Å². The van der Waals surface area contributed by atoms with Gasteiger partial charge in [-0.05, 0) is 37.1 Å². The van der Waals surface area contributed by atoms with Crippen LogP contribution in [-0.2, 0) is 4.79 Å². The van der Waals surface area contributed by atoms with E-state index in [4.69, 9.17) is 0 Å². The Morgan fingerprint density at radius 1 is 1.23 bits per heavy atom. The lowest BCUT2D eigenvalue weighted by Crippen LogP contribution is -2.42. The Hall–Kier alpha value is -2.43. The summed E-state index contributed by atoms with van der Waals surface area (Å²) in [5.74, 6) is -1.14. The smallest absolute Gasteiger partial charge is 0.311 e. The fraction of sp³-hybridized carbons (Fsp3) is 0.353. The van der Waals surface area contributed by atoms with Crippen molar-refractivity contribution in [3.05, 3.63) is 42.1 Å². The highest BCUT2D eigenvalue weighted by Crippen LogP contribution is 2.25. The maximum absolute atomic E-state index is 12.3. The molecule has 5 heteroatoms. The Bertz CT molecular complexity index is 693. The third-order valence-corrected chi connectivity index (χ3v) is 4.26. The van der Waals surface area contributed by atoms with Crippen LogP contribution in [-0.4, -0.2) is 28.5 Å². The molecule has 0 saturated carbocycles. The van der Waals surface area contributed by atoms with Gasteiger partial charge in [-0.25, -0.2) is 0 Å². The number of nitrogens with one attached hydrogen (secondary N) is 1. The summed E-state index contributed by atoms with van der Waals surface area (Å²) >= 11 is 0. The van der Waals surface area contributed by atoms with Crippen molar-refractivity contribution >= 4 is 22.8 Å². The van der Waals surface area contributed by atoms with Crippen LogP contribution in [0.2, 0.25) is 0 Å². The Labute approximate surface area is 129 Å². The molecule has 116 valence electrons. The molecule has 0 aliphatic heterocycles. The van der Waals surface area contributed by atoms with Crippen molar-refractivity contribution in [2.75, 3.05) is 6.54 Å². The van der Waals surface area contributed by atoms with Crippen molar-refractivity contribution in [2.24, 2.45) is 5.41 Å². The predicted molar refractivity (Wildman–Crippen MR) is 84.7 cm³/mol. The van der Waals surface area contributed by atoms with E-state index in [-0.39, 0.29) is 12.5 Å². The number of carbonyl (C=O) groups is 2. The molecule has 0 fully saturated rings. The van der Waals surface area contributed by atoms with Crippen LogP contribution in [0, 0.1) is 5.41 Å². The van der Waals surface area contributed by atoms with Gasteiger partial charge in [0.1, 0.15) is 0 Å².